The largest absolute Gasteiger partial charge is 0.301 e. The molecule has 0 spiro atoms. The highest BCUT2D eigenvalue weighted by Crippen LogP contribution is 1.88. The highest BCUT2D eigenvalue weighted by molar-refractivity contribution is 5.00. The Kier molecular flexibility index (Phi) is 3.23. The van der Waals surface area contributed by atoms with Crippen molar-refractivity contribution < 1.29 is 0 Å². The van der Waals surface area contributed by atoms with Gasteiger partial charge >= 0.3 is 0 Å². The fourth-order valence-electron chi connectivity index (χ4n) is 0.731. The summed E-state index contributed by atoms with van der Waals surface area (Å²) in [5.41, 5.74) is 1.09. The quantitative estimate of drug-likeness (QED) is 0.486. The van der Waals surface area contributed by atoms with Crippen molar-refractivity contribution >= 4 is 0 Å². The minimum absolute atomic E-state index is 0.732. The van der Waals surface area contributed by atoms with Gasteiger partial charge in [-0.3, -0.25) is 5.10 Å². The monoisotopic (exact) mass is 149 g/mol. The lowest BCUT2D eigenvalue weighted by Crippen LogP contribution is -2.13. The third kappa shape index (κ3) is 2.87. The highest BCUT2D eigenvalue weighted by atomic mass is 15.1. The van der Waals surface area contributed by atoms with Crippen molar-refractivity contribution in [2.75, 3.05) is 6.54 Å². The normalized spacial score (nSPS) is 8.82. The number of hydrogen-bond acceptors (Lipinski definition) is 2. The summed E-state index contributed by atoms with van der Waals surface area (Å²) >= 11 is 0. The lowest BCUT2D eigenvalue weighted by atomic mass is 10.4. The molecule has 0 radical (unpaired) electrons. The Morgan fingerprint density at radius 3 is 3.27 bits per heavy atom. The van der Waals surface area contributed by atoms with Crippen LogP contribution in [0.5, 0.6) is 0 Å². The molecule has 1 rings (SSSR count). The van der Waals surface area contributed by atoms with Crippen LogP contribution in [-0.2, 0) is 6.54 Å². The third-order valence-electron chi connectivity index (χ3n) is 1.26. The number of nitrogens with one attached hydrogen (secondary N) is 2. The first-order valence-electron chi connectivity index (χ1n) is 3.52. The molecule has 3 nitrogen and oxygen atoms in total. The third-order valence-corrected chi connectivity index (χ3v) is 1.26. The molecule has 0 unspecified atom stereocenters. The van der Waals surface area contributed by atoms with Gasteiger partial charge in [0, 0.05) is 18.4 Å². The molecule has 0 saturated heterocycles. The van der Waals surface area contributed by atoms with E-state index in [0.29, 0.717) is 0 Å². The summed E-state index contributed by atoms with van der Waals surface area (Å²) in [4.78, 5) is 0. The van der Waals surface area contributed by atoms with Gasteiger partial charge in [0.2, 0.25) is 0 Å². The standard InChI is InChI=1S/C8H11N3/c1-2-3-5-9-7-8-4-6-10-11-8/h4,6,9H,5,7H2,1H3,(H,10,11). The maximum absolute atomic E-state index is 3.82. The lowest BCUT2D eigenvalue weighted by molar-refractivity contribution is 0.744. The number of rotatable bonds is 3. The van der Waals surface area contributed by atoms with E-state index in [1.807, 2.05) is 13.0 Å². The zero-order valence-electron chi connectivity index (χ0n) is 6.52. The summed E-state index contributed by atoms with van der Waals surface area (Å²) in [6.45, 7) is 3.36. The van der Waals surface area contributed by atoms with E-state index in [1.54, 1.807) is 6.20 Å². The van der Waals surface area contributed by atoms with Crippen LogP contribution in [0.25, 0.3) is 0 Å². The van der Waals surface area contributed by atoms with Crippen LogP contribution in [0.15, 0.2) is 12.3 Å². The Balaban J connectivity index is 2.17. The van der Waals surface area contributed by atoms with Crippen molar-refractivity contribution in [2.45, 2.75) is 13.5 Å². The Morgan fingerprint density at radius 2 is 2.64 bits per heavy atom. The van der Waals surface area contributed by atoms with Crippen molar-refractivity contribution in [3.05, 3.63) is 18.0 Å². The number of aromatic nitrogens is 2. The molecule has 0 bridgehead atoms. The summed E-state index contributed by atoms with van der Waals surface area (Å²) in [5.74, 6) is 5.72. The van der Waals surface area contributed by atoms with Gasteiger partial charge < -0.3 is 5.32 Å². The summed E-state index contributed by atoms with van der Waals surface area (Å²) in [6, 6.07) is 1.94. The first-order chi connectivity index (χ1) is 5.43. The van der Waals surface area contributed by atoms with Crippen LogP contribution >= 0.6 is 0 Å². The first-order valence-corrected chi connectivity index (χ1v) is 3.52. The molecule has 0 saturated carbocycles. The molecular weight excluding hydrogens is 138 g/mol. The van der Waals surface area contributed by atoms with E-state index in [1.165, 1.54) is 0 Å². The SMILES string of the molecule is CC#CCNCc1ccn[nH]1. The van der Waals surface area contributed by atoms with Crippen molar-refractivity contribution in [2.24, 2.45) is 0 Å². The van der Waals surface area contributed by atoms with Gasteiger partial charge in [0.25, 0.3) is 0 Å². The molecule has 1 heterocycles. The van der Waals surface area contributed by atoms with Gasteiger partial charge in [-0.15, -0.1) is 5.92 Å². The van der Waals surface area contributed by atoms with E-state index in [2.05, 4.69) is 27.4 Å². The predicted molar refractivity (Wildman–Crippen MR) is 43.7 cm³/mol. The van der Waals surface area contributed by atoms with Crippen LogP contribution in [0.3, 0.4) is 0 Å². The molecule has 0 aliphatic carbocycles. The van der Waals surface area contributed by atoms with E-state index in [-0.39, 0.29) is 0 Å². The van der Waals surface area contributed by atoms with Crippen molar-refractivity contribution in [1.82, 2.24) is 15.5 Å². The molecular formula is C8H11N3. The van der Waals surface area contributed by atoms with E-state index in [0.717, 1.165) is 18.8 Å². The van der Waals surface area contributed by atoms with Gasteiger partial charge in [-0.2, -0.15) is 5.10 Å². The van der Waals surface area contributed by atoms with E-state index in [4.69, 9.17) is 0 Å². The summed E-state index contributed by atoms with van der Waals surface area (Å²) < 4.78 is 0. The number of H-pyrrole nitrogens is 1. The summed E-state index contributed by atoms with van der Waals surface area (Å²) in [5, 5.41) is 9.82. The Hall–Kier alpha value is -1.27. The fourth-order valence-corrected chi connectivity index (χ4v) is 0.731. The van der Waals surface area contributed by atoms with Gasteiger partial charge in [-0.25, -0.2) is 0 Å². The number of hydrogen-bond donors (Lipinski definition) is 2. The highest BCUT2D eigenvalue weighted by Gasteiger charge is 1.89. The minimum Gasteiger partial charge on any atom is -0.301 e. The molecule has 0 aromatic carbocycles. The van der Waals surface area contributed by atoms with Gasteiger partial charge in [-0.05, 0) is 13.0 Å². The van der Waals surface area contributed by atoms with Crippen LogP contribution in [-0.4, -0.2) is 16.7 Å². The van der Waals surface area contributed by atoms with Crippen LogP contribution in [0.2, 0.25) is 0 Å². The molecule has 0 aliphatic rings. The Bertz CT molecular complexity index is 240. The molecule has 1 aromatic heterocycles. The average molecular weight is 149 g/mol. The summed E-state index contributed by atoms with van der Waals surface area (Å²) in [7, 11) is 0. The molecule has 1 aromatic rings. The Morgan fingerprint density at radius 1 is 1.73 bits per heavy atom. The van der Waals surface area contributed by atoms with E-state index >= 15 is 0 Å². The van der Waals surface area contributed by atoms with Gasteiger partial charge in [-0.1, -0.05) is 5.92 Å². The average Bonchev–Trinajstić information content (AvgIpc) is 2.50. The minimum atomic E-state index is 0.732. The molecule has 3 heteroatoms. The van der Waals surface area contributed by atoms with Crippen molar-refractivity contribution in [1.29, 1.82) is 0 Å². The van der Waals surface area contributed by atoms with Crippen LogP contribution < -0.4 is 5.32 Å². The fraction of sp³-hybridized carbons (Fsp3) is 0.375. The zero-order valence-corrected chi connectivity index (χ0v) is 6.52. The van der Waals surface area contributed by atoms with Gasteiger partial charge in [0.1, 0.15) is 0 Å². The maximum atomic E-state index is 3.82. The van der Waals surface area contributed by atoms with Crippen molar-refractivity contribution in [3.8, 4) is 11.8 Å². The number of nitrogens with zero attached hydrogens (tertiary/aromatic N) is 1. The van der Waals surface area contributed by atoms with E-state index in [9.17, 15) is 0 Å². The molecule has 58 valence electrons. The molecule has 0 aliphatic heterocycles. The second kappa shape index (κ2) is 4.53. The lowest BCUT2D eigenvalue weighted by Gasteiger charge is -1.94. The zero-order chi connectivity index (χ0) is 7.94. The molecule has 0 amide bonds. The smallest absolute Gasteiger partial charge is 0.0579 e. The predicted octanol–water partition coefficient (Wildman–Crippen LogP) is 0.523. The van der Waals surface area contributed by atoms with Gasteiger partial charge in [0.15, 0.2) is 0 Å². The van der Waals surface area contributed by atoms with Crippen molar-refractivity contribution in [3.63, 3.8) is 0 Å². The van der Waals surface area contributed by atoms with Crippen LogP contribution in [0, 0.1) is 11.8 Å². The Labute approximate surface area is 66.2 Å². The maximum Gasteiger partial charge on any atom is 0.0579 e. The molecule has 2 N–H and O–H groups in total. The topological polar surface area (TPSA) is 40.7 Å². The molecule has 0 fully saturated rings. The van der Waals surface area contributed by atoms with Crippen LogP contribution in [0.4, 0.5) is 0 Å². The number of aromatic amines is 1. The van der Waals surface area contributed by atoms with Gasteiger partial charge in [0.05, 0.1) is 6.54 Å². The van der Waals surface area contributed by atoms with Crippen LogP contribution in [0.1, 0.15) is 12.6 Å². The first kappa shape index (κ1) is 7.83. The molecule has 11 heavy (non-hydrogen) atoms. The summed E-state index contributed by atoms with van der Waals surface area (Å²) in [6.07, 6.45) is 1.74. The molecule has 0 atom stereocenters. The second-order valence-electron chi connectivity index (χ2n) is 2.11. The van der Waals surface area contributed by atoms with E-state index < -0.39 is 0 Å². The second-order valence-corrected chi connectivity index (χ2v) is 2.11.